The zero-order valence-corrected chi connectivity index (χ0v) is 19.1. The van der Waals surface area contributed by atoms with Gasteiger partial charge in [0.15, 0.2) is 0 Å². The number of nitrogens with one attached hydrogen (secondary N) is 1. The zero-order chi connectivity index (χ0) is 22.5. The number of benzene rings is 3. The van der Waals surface area contributed by atoms with Gasteiger partial charge in [0.25, 0.3) is 5.91 Å². The highest BCUT2D eigenvalue weighted by Crippen LogP contribution is 2.33. The molecule has 4 aromatic rings. The predicted molar refractivity (Wildman–Crippen MR) is 130 cm³/mol. The van der Waals surface area contributed by atoms with Crippen molar-refractivity contribution in [2.45, 2.75) is 18.8 Å². The summed E-state index contributed by atoms with van der Waals surface area (Å²) in [5.41, 5.74) is 3.58. The Morgan fingerprint density at radius 2 is 1.53 bits per heavy atom. The third-order valence-corrected chi connectivity index (χ3v) is 6.18. The van der Waals surface area contributed by atoms with Gasteiger partial charge in [-0.15, -0.1) is 0 Å². The molecule has 2 atom stereocenters. The van der Waals surface area contributed by atoms with Crippen molar-refractivity contribution >= 4 is 29.1 Å². The quantitative estimate of drug-likeness (QED) is 0.340. The molecule has 0 bridgehead atoms. The standard InChI is InChI=1S/C26H23Cl2N3O/c1-18(19-7-11-21(27)12-8-19)24(20-9-13-22(28)14-10-20)17-29-26(32)23-5-2-3-6-25(23)31-16-4-15-30-31/h2-16,18,24H,17H2,1H3,(H,29,32). The maximum atomic E-state index is 13.2. The van der Waals surface area contributed by atoms with Gasteiger partial charge in [0.1, 0.15) is 0 Å². The van der Waals surface area contributed by atoms with Crippen molar-refractivity contribution in [1.29, 1.82) is 0 Å². The predicted octanol–water partition coefficient (Wildman–Crippen LogP) is 6.50. The van der Waals surface area contributed by atoms with Crippen LogP contribution in [0.3, 0.4) is 0 Å². The van der Waals surface area contributed by atoms with Gasteiger partial charge in [0.05, 0.1) is 11.3 Å². The molecule has 3 aromatic carbocycles. The van der Waals surface area contributed by atoms with Crippen molar-refractivity contribution in [1.82, 2.24) is 15.1 Å². The molecule has 0 spiro atoms. The minimum Gasteiger partial charge on any atom is -0.351 e. The van der Waals surface area contributed by atoms with E-state index in [0.29, 0.717) is 22.2 Å². The van der Waals surface area contributed by atoms with Crippen molar-refractivity contribution < 1.29 is 4.79 Å². The lowest BCUT2D eigenvalue weighted by Crippen LogP contribution is -2.31. The normalized spacial score (nSPS) is 12.8. The summed E-state index contributed by atoms with van der Waals surface area (Å²) in [5, 5.41) is 8.79. The molecule has 0 radical (unpaired) electrons. The molecule has 1 amide bonds. The first-order valence-corrected chi connectivity index (χ1v) is 11.2. The van der Waals surface area contributed by atoms with Crippen LogP contribution >= 0.6 is 23.2 Å². The molecular weight excluding hydrogens is 441 g/mol. The largest absolute Gasteiger partial charge is 0.351 e. The second-order valence-electron chi connectivity index (χ2n) is 7.68. The number of halogens is 2. The smallest absolute Gasteiger partial charge is 0.253 e. The number of rotatable bonds is 7. The molecule has 0 aliphatic heterocycles. The van der Waals surface area contributed by atoms with Crippen LogP contribution in [0.1, 0.15) is 40.2 Å². The lowest BCUT2D eigenvalue weighted by atomic mass is 9.82. The maximum absolute atomic E-state index is 13.2. The molecule has 162 valence electrons. The molecule has 0 saturated carbocycles. The summed E-state index contributed by atoms with van der Waals surface area (Å²) in [6.45, 7) is 2.63. The van der Waals surface area contributed by atoms with Crippen LogP contribution in [0.2, 0.25) is 10.0 Å². The summed E-state index contributed by atoms with van der Waals surface area (Å²) < 4.78 is 1.70. The summed E-state index contributed by atoms with van der Waals surface area (Å²) in [7, 11) is 0. The SMILES string of the molecule is CC(c1ccc(Cl)cc1)C(CNC(=O)c1ccccc1-n1cccn1)c1ccc(Cl)cc1. The molecule has 0 aliphatic carbocycles. The van der Waals surface area contributed by atoms with Gasteiger partial charge in [-0.1, -0.05) is 66.5 Å². The van der Waals surface area contributed by atoms with Crippen molar-refractivity contribution in [2.24, 2.45) is 0 Å². The van der Waals surface area contributed by atoms with Crippen molar-refractivity contribution in [2.75, 3.05) is 6.54 Å². The molecule has 1 heterocycles. The molecular formula is C26H23Cl2N3O. The Hall–Kier alpha value is -3.08. The zero-order valence-electron chi connectivity index (χ0n) is 17.6. The van der Waals surface area contributed by atoms with Gasteiger partial charge in [-0.25, -0.2) is 4.68 Å². The van der Waals surface area contributed by atoms with Gasteiger partial charge in [0, 0.05) is 34.9 Å². The van der Waals surface area contributed by atoms with Crippen LogP contribution in [0.4, 0.5) is 0 Å². The molecule has 0 saturated heterocycles. The summed E-state index contributed by atoms with van der Waals surface area (Å²) in [5.74, 6) is 0.0581. The van der Waals surface area contributed by atoms with Gasteiger partial charge in [-0.2, -0.15) is 5.10 Å². The first-order chi connectivity index (χ1) is 15.5. The minimum atomic E-state index is -0.140. The topological polar surface area (TPSA) is 46.9 Å². The second-order valence-corrected chi connectivity index (χ2v) is 8.55. The monoisotopic (exact) mass is 463 g/mol. The third kappa shape index (κ3) is 5.04. The number of amides is 1. The van der Waals surface area contributed by atoms with Crippen molar-refractivity contribution in [3.05, 3.63) is 118 Å². The van der Waals surface area contributed by atoms with E-state index in [1.54, 1.807) is 10.9 Å². The molecule has 6 heteroatoms. The van der Waals surface area contributed by atoms with Gasteiger partial charge in [0.2, 0.25) is 0 Å². The van der Waals surface area contributed by atoms with Gasteiger partial charge in [-0.05, 0) is 59.5 Å². The van der Waals surface area contributed by atoms with E-state index in [1.165, 1.54) is 0 Å². The average Bonchev–Trinajstić information content (AvgIpc) is 3.35. The van der Waals surface area contributed by atoms with Crippen molar-refractivity contribution in [3.63, 3.8) is 0 Å². The van der Waals surface area contributed by atoms with E-state index in [1.807, 2.05) is 85.1 Å². The molecule has 32 heavy (non-hydrogen) atoms. The lowest BCUT2D eigenvalue weighted by molar-refractivity contribution is 0.0950. The molecule has 0 fully saturated rings. The minimum absolute atomic E-state index is 0.0502. The number of para-hydroxylation sites is 1. The van der Waals surface area contributed by atoms with Crippen LogP contribution in [0.15, 0.2) is 91.3 Å². The van der Waals surface area contributed by atoms with Crippen LogP contribution in [0.5, 0.6) is 0 Å². The first kappa shape index (κ1) is 22.1. The van der Waals surface area contributed by atoms with E-state index in [-0.39, 0.29) is 17.7 Å². The Labute approximate surface area is 197 Å². The highest BCUT2D eigenvalue weighted by Gasteiger charge is 2.23. The summed E-state index contributed by atoms with van der Waals surface area (Å²) >= 11 is 12.2. The third-order valence-electron chi connectivity index (χ3n) is 5.68. The van der Waals surface area contributed by atoms with Gasteiger partial charge >= 0.3 is 0 Å². The number of carbonyl (C=O) groups is 1. The van der Waals surface area contributed by atoms with Gasteiger partial charge in [-0.3, -0.25) is 4.79 Å². The fourth-order valence-corrected chi connectivity index (χ4v) is 4.12. The maximum Gasteiger partial charge on any atom is 0.253 e. The fraction of sp³-hybridized carbons (Fsp3) is 0.154. The van der Waals surface area contributed by atoms with E-state index < -0.39 is 0 Å². The average molecular weight is 464 g/mol. The van der Waals surface area contributed by atoms with E-state index >= 15 is 0 Å². The van der Waals surface area contributed by atoms with Crippen LogP contribution in [0.25, 0.3) is 5.69 Å². The molecule has 1 N–H and O–H groups in total. The second kappa shape index (κ2) is 10.0. The summed E-state index contributed by atoms with van der Waals surface area (Å²) in [4.78, 5) is 13.2. The molecule has 0 aliphatic rings. The molecule has 4 rings (SSSR count). The van der Waals surface area contributed by atoms with E-state index in [9.17, 15) is 4.79 Å². The van der Waals surface area contributed by atoms with Crippen LogP contribution in [-0.4, -0.2) is 22.2 Å². The Bertz CT molecular complexity index is 1170. The fourth-order valence-electron chi connectivity index (χ4n) is 3.87. The summed E-state index contributed by atoms with van der Waals surface area (Å²) in [6.07, 6.45) is 3.52. The van der Waals surface area contributed by atoms with E-state index in [0.717, 1.165) is 16.8 Å². The highest BCUT2D eigenvalue weighted by molar-refractivity contribution is 6.30. The summed E-state index contributed by atoms with van der Waals surface area (Å²) in [6, 6.07) is 24.9. The molecule has 4 nitrogen and oxygen atoms in total. The number of carbonyl (C=O) groups excluding carboxylic acids is 1. The Morgan fingerprint density at radius 3 is 2.16 bits per heavy atom. The van der Waals surface area contributed by atoms with Crippen LogP contribution in [-0.2, 0) is 0 Å². The van der Waals surface area contributed by atoms with Crippen LogP contribution < -0.4 is 5.32 Å². The number of hydrogen-bond acceptors (Lipinski definition) is 2. The molecule has 2 unspecified atom stereocenters. The first-order valence-electron chi connectivity index (χ1n) is 10.4. The Balaban J connectivity index is 1.59. The van der Waals surface area contributed by atoms with Crippen molar-refractivity contribution in [3.8, 4) is 5.69 Å². The van der Waals surface area contributed by atoms with Gasteiger partial charge < -0.3 is 5.32 Å². The number of nitrogens with zero attached hydrogens (tertiary/aromatic N) is 2. The lowest BCUT2D eigenvalue weighted by Gasteiger charge is -2.26. The highest BCUT2D eigenvalue weighted by atomic mass is 35.5. The van der Waals surface area contributed by atoms with Crippen LogP contribution in [0, 0.1) is 0 Å². The molecule has 1 aromatic heterocycles. The Morgan fingerprint density at radius 1 is 0.906 bits per heavy atom. The number of aromatic nitrogens is 2. The van der Waals surface area contributed by atoms with E-state index in [4.69, 9.17) is 23.2 Å². The number of hydrogen-bond donors (Lipinski definition) is 1. The van der Waals surface area contributed by atoms with E-state index in [2.05, 4.69) is 17.3 Å². The Kier molecular flexibility index (Phi) is 6.93.